The van der Waals surface area contributed by atoms with Gasteiger partial charge in [-0.15, -0.1) is 0 Å². The Hall–Kier alpha value is -2.93. The van der Waals surface area contributed by atoms with Crippen LogP contribution >= 0.6 is 0 Å². The van der Waals surface area contributed by atoms with E-state index in [2.05, 4.69) is 17.2 Å². The highest BCUT2D eigenvalue weighted by molar-refractivity contribution is 5.77. The van der Waals surface area contributed by atoms with Gasteiger partial charge < -0.3 is 15.0 Å². The highest BCUT2D eigenvalue weighted by Gasteiger charge is 2.01. The Balaban J connectivity index is 1.80. The Morgan fingerprint density at radius 1 is 1.09 bits per heavy atom. The molecule has 4 nitrogen and oxygen atoms in total. The van der Waals surface area contributed by atoms with Gasteiger partial charge >= 0.3 is 0 Å². The second kappa shape index (κ2) is 8.50. The standard InChI is InChI=1S/C19H20N2O2/c1-21(2)18-13-7-6-9-16(18)10-8-14-20-19(22)15-23-17-11-4-3-5-12-17/h3-7,9,11-13H,14-15H2,1-2H3,(H,20,22). The molecule has 0 aromatic heterocycles. The van der Waals surface area contributed by atoms with Crippen LogP contribution in [0.5, 0.6) is 5.75 Å². The average Bonchev–Trinajstić information content (AvgIpc) is 2.58. The van der Waals surface area contributed by atoms with E-state index in [1.165, 1.54) is 0 Å². The number of amides is 1. The van der Waals surface area contributed by atoms with Crippen LogP contribution in [-0.2, 0) is 4.79 Å². The number of nitrogens with one attached hydrogen (secondary N) is 1. The Bertz CT molecular complexity index is 700. The molecule has 0 spiro atoms. The third-order valence-corrected chi connectivity index (χ3v) is 3.10. The first-order valence-corrected chi connectivity index (χ1v) is 7.36. The minimum absolute atomic E-state index is 0.0139. The van der Waals surface area contributed by atoms with Crippen LogP contribution < -0.4 is 15.0 Å². The van der Waals surface area contributed by atoms with Crippen molar-refractivity contribution >= 4 is 11.6 Å². The van der Waals surface area contributed by atoms with Gasteiger partial charge in [0.2, 0.25) is 0 Å². The summed E-state index contributed by atoms with van der Waals surface area (Å²) in [7, 11) is 3.95. The van der Waals surface area contributed by atoms with Crippen LogP contribution in [0.3, 0.4) is 0 Å². The largest absolute Gasteiger partial charge is 0.484 e. The van der Waals surface area contributed by atoms with Crippen molar-refractivity contribution in [1.29, 1.82) is 0 Å². The van der Waals surface area contributed by atoms with Gasteiger partial charge in [0.05, 0.1) is 12.2 Å². The maximum atomic E-state index is 11.7. The first-order valence-electron chi connectivity index (χ1n) is 7.36. The highest BCUT2D eigenvalue weighted by atomic mass is 16.5. The third kappa shape index (κ3) is 5.40. The average molecular weight is 308 g/mol. The fraction of sp³-hybridized carbons (Fsp3) is 0.211. The lowest BCUT2D eigenvalue weighted by atomic mass is 10.1. The Morgan fingerprint density at radius 2 is 1.78 bits per heavy atom. The predicted molar refractivity (Wildman–Crippen MR) is 92.6 cm³/mol. The Labute approximate surface area is 137 Å². The molecule has 1 amide bonds. The van der Waals surface area contributed by atoms with Crippen LogP contribution in [0.15, 0.2) is 54.6 Å². The fourth-order valence-corrected chi connectivity index (χ4v) is 1.97. The lowest BCUT2D eigenvalue weighted by Crippen LogP contribution is -2.29. The van der Waals surface area contributed by atoms with E-state index in [1.54, 1.807) is 0 Å². The minimum atomic E-state index is -0.191. The number of carbonyl (C=O) groups is 1. The van der Waals surface area contributed by atoms with E-state index < -0.39 is 0 Å². The molecule has 2 aromatic rings. The molecule has 23 heavy (non-hydrogen) atoms. The number of rotatable bonds is 5. The molecule has 0 saturated heterocycles. The molecule has 0 bridgehead atoms. The van der Waals surface area contributed by atoms with E-state index in [-0.39, 0.29) is 12.5 Å². The summed E-state index contributed by atoms with van der Waals surface area (Å²) in [6.45, 7) is 0.277. The van der Waals surface area contributed by atoms with E-state index in [4.69, 9.17) is 4.74 Å². The number of hydrogen-bond donors (Lipinski definition) is 1. The van der Waals surface area contributed by atoms with Crippen molar-refractivity contribution in [3.63, 3.8) is 0 Å². The molecule has 0 heterocycles. The summed E-state index contributed by atoms with van der Waals surface area (Å²) in [4.78, 5) is 13.7. The smallest absolute Gasteiger partial charge is 0.258 e. The van der Waals surface area contributed by atoms with Gasteiger partial charge in [-0.3, -0.25) is 4.79 Å². The van der Waals surface area contributed by atoms with Crippen molar-refractivity contribution in [3.05, 3.63) is 60.2 Å². The zero-order chi connectivity index (χ0) is 16.5. The van der Waals surface area contributed by atoms with Crippen LogP contribution in [-0.4, -0.2) is 33.2 Å². The molecule has 0 unspecified atom stereocenters. The second-order valence-corrected chi connectivity index (χ2v) is 5.09. The zero-order valence-corrected chi connectivity index (χ0v) is 13.4. The summed E-state index contributed by atoms with van der Waals surface area (Å²) in [5.41, 5.74) is 1.99. The number of para-hydroxylation sites is 2. The summed E-state index contributed by atoms with van der Waals surface area (Å²) in [6.07, 6.45) is 0. The fourth-order valence-electron chi connectivity index (χ4n) is 1.97. The van der Waals surface area contributed by atoms with Gasteiger partial charge in [0, 0.05) is 19.7 Å². The number of anilines is 1. The summed E-state index contributed by atoms with van der Waals surface area (Å²) in [5, 5.41) is 2.72. The maximum Gasteiger partial charge on any atom is 0.258 e. The monoisotopic (exact) mass is 308 g/mol. The first-order chi connectivity index (χ1) is 11.2. The van der Waals surface area contributed by atoms with Crippen LogP contribution in [0.2, 0.25) is 0 Å². The lowest BCUT2D eigenvalue weighted by molar-refractivity contribution is -0.122. The van der Waals surface area contributed by atoms with Crippen LogP contribution in [0, 0.1) is 11.8 Å². The summed E-state index contributed by atoms with van der Waals surface area (Å²) >= 11 is 0. The molecule has 0 aliphatic heterocycles. The van der Waals surface area contributed by atoms with Gasteiger partial charge in [0.15, 0.2) is 6.61 Å². The first kappa shape index (κ1) is 16.4. The topological polar surface area (TPSA) is 41.6 Å². The van der Waals surface area contributed by atoms with E-state index >= 15 is 0 Å². The highest BCUT2D eigenvalue weighted by Crippen LogP contribution is 2.16. The molecule has 4 heteroatoms. The summed E-state index contributed by atoms with van der Waals surface area (Å²) in [6, 6.07) is 17.1. The zero-order valence-electron chi connectivity index (χ0n) is 13.4. The molecule has 0 fully saturated rings. The van der Waals surface area contributed by atoms with Crippen LogP contribution in [0.25, 0.3) is 0 Å². The molecule has 0 radical (unpaired) electrons. The summed E-state index contributed by atoms with van der Waals surface area (Å²) in [5.74, 6) is 6.52. The molecule has 0 aliphatic carbocycles. The third-order valence-electron chi connectivity index (χ3n) is 3.10. The SMILES string of the molecule is CN(C)c1ccccc1C#CCNC(=O)COc1ccccc1. The van der Waals surface area contributed by atoms with Crippen molar-refractivity contribution in [1.82, 2.24) is 5.32 Å². The number of ether oxygens (including phenoxy) is 1. The van der Waals surface area contributed by atoms with Gasteiger partial charge in [-0.25, -0.2) is 0 Å². The lowest BCUT2D eigenvalue weighted by Gasteiger charge is -2.13. The van der Waals surface area contributed by atoms with E-state index in [0.717, 1.165) is 11.3 Å². The number of nitrogens with zero attached hydrogens (tertiary/aromatic N) is 1. The van der Waals surface area contributed by atoms with Crippen molar-refractivity contribution < 1.29 is 9.53 Å². The van der Waals surface area contributed by atoms with E-state index in [0.29, 0.717) is 12.3 Å². The Morgan fingerprint density at radius 3 is 2.52 bits per heavy atom. The van der Waals surface area contributed by atoms with Gasteiger partial charge in [-0.1, -0.05) is 42.2 Å². The van der Waals surface area contributed by atoms with E-state index in [9.17, 15) is 4.79 Å². The maximum absolute atomic E-state index is 11.7. The number of benzene rings is 2. The van der Waals surface area contributed by atoms with Gasteiger partial charge in [-0.05, 0) is 24.3 Å². The molecule has 0 atom stereocenters. The molecule has 1 N–H and O–H groups in total. The second-order valence-electron chi connectivity index (χ2n) is 5.09. The van der Waals surface area contributed by atoms with Crippen LogP contribution in [0.4, 0.5) is 5.69 Å². The molecule has 0 saturated carbocycles. The molecular weight excluding hydrogens is 288 g/mol. The van der Waals surface area contributed by atoms with Gasteiger partial charge in [0.1, 0.15) is 5.75 Å². The summed E-state index contributed by atoms with van der Waals surface area (Å²) < 4.78 is 5.37. The van der Waals surface area contributed by atoms with Crippen molar-refractivity contribution in [2.24, 2.45) is 0 Å². The minimum Gasteiger partial charge on any atom is -0.484 e. The normalized spacial score (nSPS) is 9.48. The number of hydrogen-bond acceptors (Lipinski definition) is 3. The predicted octanol–water partition coefficient (Wildman–Crippen LogP) is 2.30. The molecular formula is C19H20N2O2. The molecule has 118 valence electrons. The van der Waals surface area contributed by atoms with Gasteiger partial charge in [-0.2, -0.15) is 0 Å². The van der Waals surface area contributed by atoms with Gasteiger partial charge in [0.25, 0.3) is 5.91 Å². The van der Waals surface area contributed by atoms with Crippen molar-refractivity contribution in [2.45, 2.75) is 0 Å². The van der Waals surface area contributed by atoms with Crippen molar-refractivity contribution in [2.75, 3.05) is 32.1 Å². The van der Waals surface area contributed by atoms with E-state index in [1.807, 2.05) is 73.6 Å². The quantitative estimate of drug-likeness (QED) is 0.862. The molecule has 2 rings (SSSR count). The Kier molecular flexibility index (Phi) is 6.07. The number of carbonyl (C=O) groups excluding carboxylic acids is 1. The van der Waals surface area contributed by atoms with Crippen LogP contribution in [0.1, 0.15) is 5.56 Å². The van der Waals surface area contributed by atoms with Crippen molar-refractivity contribution in [3.8, 4) is 17.6 Å². The molecule has 2 aromatic carbocycles. The molecule has 0 aliphatic rings.